The minimum absolute atomic E-state index is 0.0525. The van der Waals surface area contributed by atoms with Crippen molar-refractivity contribution in [1.29, 1.82) is 5.26 Å². The van der Waals surface area contributed by atoms with Gasteiger partial charge in [-0.2, -0.15) is 20.4 Å². The molecule has 0 bridgehead atoms. The zero-order valence-electron chi connectivity index (χ0n) is 22.6. The minimum Gasteiger partial charge on any atom is -0.337 e. The molecular weight excluding hydrogens is 556 g/mol. The number of sulfone groups is 1. The van der Waals surface area contributed by atoms with Gasteiger partial charge in [-0.3, -0.25) is 0 Å². The largest absolute Gasteiger partial charge is 0.341 e. The SMILES string of the molecule is CCS(=O)(=O)c1c(C)nn(-c2nc(N3CCN(C(=O)N4N=CC[C@H]4c4cc(F)cc(C#N)c4)CC3)ncc2F)c1C. The summed E-state index contributed by atoms with van der Waals surface area (Å²) >= 11 is 0. The Hall–Kier alpha value is -4.45. The third-order valence-corrected chi connectivity index (χ3v) is 9.10. The molecule has 2 aliphatic heterocycles. The first-order valence-electron chi connectivity index (χ1n) is 12.9. The summed E-state index contributed by atoms with van der Waals surface area (Å²) in [6, 6.07) is 5.01. The maximum absolute atomic E-state index is 14.8. The van der Waals surface area contributed by atoms with E-state index in [0.29, 0.717) is 38.2 Å². The van der Waals surface area contributed by atoms with E-state index in [2.05, 4.69) is 20.2 Å². The number of nitriles is 1. The fourth-order valence-corrected chi connectivity index (χ4v) is 6.38. The van der Waals surface area contributed by atoms with Crippen LogP contribution in [-0.2, 0) is 9.84 Å². The molecule has 0 saturated carbocycles. The van der Waals surface area contributed by atoms with Crippen molar-refractivity contribution in [3.05, 3.63) is 58.5 Å². The summed E-state index contributed by atoms with van der Waals surface area (Å²) in [5.41, 5.74) is 1.15. The molecule has 3 aromatic rings. The average Bonchev–Trinajstić information content (AvgIpc) is 3.57. The maximum atomic E-state index is 14.8. The zero-order chi connectivity index (χ0) is 29.5. The maximum Gasteiger partial charge on any atom is 0.341 e. The van der Waals surface area contributed by atoms with E-state index in [-0.39, 0.29) is 45.4 Å². The Morgan fingerprint density at radius 1 is 1.15 bits per heavy atom. The number of hydrogen-bond acceptors (Lipinski definition) is 9. The molecule has 41 heavy (non-hydrogen) atoms. The van der Waals surface area contributed by atoms with Crippen LogP contribution in [0.25, 0.3) is 5.82 Å². The number of nitrogens with zero attached hydrogens (tertiary/aromatic N) is 9. The van der Waals surface area contributed by atoms with Crippen molar-refractivity contribution in [2.45, 2.75) is 38.1 Å². The minimum atomic E-state index is -3.58. The molecule has 2 aromatic heterocycles. The molecule has 0 N–H and O–H groups in total. The molecule has 1 atom stereocenters. The van der Waals surface area contributed by atoms with E-state index in [1.165, 1.54) is 22.7 Å². The fraction of sp³-hybridized carbons (Fsp3) is 0.385. The number of rotatable bonds is 5. The topological polar surface area (TPSA) is 141 Å². The van der Waals surface area contributed by atoms with Crippen molar-refractivity contribution in [1.82, 2.24) is 29.7 Å². The Labute approximate surface area is 235 Å². The standard InChI is InChI=1S/C26H27F2N9O3S/c1-4-41(39,40)23-16(2)33-36(17(23)3)24-21(28)15-30-25(32-24)34-7-9-35(10-8-34)26(38)37-22(5-6-31-37)19-11-18(14-29)12-20(27)13-19/h6,11-13,15,22H,4-5,7-10H2,1-3H3/t22-/m0/s1. The number of piperazine rings is 1. The van der Waals surface area contributed by atoms with Crippen molar-refractivity contribution in [2.75, 3.05) is 36.8 Å². The van der Waals surface area contributed by atoms with Gasteiger partial charge in [0.25, 0.3) is 0 Å². The fourth-order valence-electron chi connectivity index (χ4n) is 5.07. The number of anilines is 1. The highest BCUT2D eigenvalue weighted by Gasteiger charge is 2.34. The molecule has 1 saturated heterocycles. The predicted molar refractivity (Wildman–Crippen MR) is 144 cm³/mol. The Morgan fingerprint density at radius 2 is 1.88 bits per heavy atom. The van der Waals surface area contributed by atoms with Gasteiger partial charge in [0.2, 0.25) is 5.95 Å². The van der Waals surface area contributed by atoms with Crippen molar-refractivity contribution in [3.8, 4) is 11.9 Å². The van der Waals surface area contributed by atoms with Gasteiger partial charge in [-0.15, -0.1) is 0 Å². The number of hydrogen-bond donors (Lipinski definition) is 0. The first-order valence-corrected chi connectivity index (χ1v) is 14.6. The van der Waals surface area contributed by atoms with Gasteiger partial charge in [-0.1, -0.05) is 6.92 Å². The van der Waals surface area contributed by atoms with E-state index in [1.807, 2.05) is 6.07 Å². The highest BCUT2D eigenvalue weighted by atomic mass is 32.2. The molecule has 4 heterocycles. The Balaban J connectivity index is 1.32. The normalized spacial score (nSPS) is 17.3. The highest BCUT2D eigenvalue weighted by Crippen LogP contribution is 2.31. The molecule has 5 rings (SSSR count). The average molecular weight is 584 g/mol. The number of carbonyl (C=O) groups excluding carboxylic acids is 1. The van der Waals surface area contributed by atoms with Gasteiger partial charge in [-0.25, -0.2) is 36.7 Å². The summed E-state index contributed by atoms with van der Waals surface area (Å²) in [5, 5.41) is 18.9. The lowest BCUT2D eigenvalue weighted by Crippen LogP contribution is -2.52. The molecular formula is C26H27F2N9O3S. The van der Waals surface area contributed by atoms with Crippen LogP contribution in [0.5, 0.6) is 0 Å². The number of hydrazone groups is 1. The van der Waals surface area contributed by atoms with Gasteiger partial charge in [0.05, 0.1) is 41.0 Å². The van der Waals surface area contributed by atoms with Crippen LogP contribution in [0.1, 0.15) is 41.9 Å². The molecule has 0 radical (unpaired) electrons. The Bertz CT molecular complexity index is 1690. The van der Waals surface area contributed by atoms with Crippen LogP contribution in [0, 0.1) is 36.8 Å². The molecule has 0 unspecified atom stereocenters. The number of aryl methyl sites for hydroxylation is 1. The number of halogens is 2. The van der Waals surface area contributed by atoms with Gasteiger partial charge < -0.3 is 9.80 Å². The van der Waals surface area contributed by atoms with Crippen LogP contribution in [0.4, 0.5) is 19.5 Å². The van der Waals surface area contributed by atoms with Crippen molar-refractivity contribution in [3.63, 3.8) is 0 Å². The second-order valence-electron chi connectivity index (χ2n) is 9.69. The quantitative estimate of drug-likeness (QED) is 0.447. The van der Waals surface area contributed by atoms with Crippen LogP contribution in [0.15, 0.2) is 34.4 Å². The highest BCUT2D eigenvalue weighted by molar-refractivity contribution is 7.91. The van der Waals surface area contributed by atoms with Gasteiger partial charge in [-0.05, 0) is 37.6 Å². The van der Waals surface area contributed by atoms with Crippen LogP contribution in [0.2, 0.25) is 0 Å². The zero-order valence-corrected chi connectivity index (χ0v) is 23.4. The van der Waals surface area contributed by atoms with E-state index in [0.717, 1.165) is 12.3 Å². The lowest BCUT2D eigenvalue weighted by Gasteiger charge is -2.37. The van der Waals surface area contributed by atoms with Gasteiger partial charge in [0, 0.05) is 38.8 Å². The summed E-state index contributed by atoms with van der Waals surface area (Å²) < 4.78 is 55.2. The summed E-state index contributed by atoms with van der Waals surface area (Å²) in [7, 11) is -3.58. The lowest BCUT2D eigenvalue weighted by atomic mass is 10.0. The number of benzene rings is 1. The molecule has 1 aromatic carbocycles. The van der Waals surface area contributed by atoms with Crippen LogP contribution in [0.3, 0.4) is 0 Å². The van der Waals surface area contributed by atoms with Gasteiger partial charge in [0.1, 0.15) is 10.7 Å². The van der Waals surface area contributed by atoms with Crippen LogP contribution >= 0.6 is 0 Å². The molecule has 12 nitrogen and oxygen atoms in total. The van der Waals surface area contributed by atoms with Crippen molar-refractivity contribution >= 4 is 28.0 Å². The third-order valence-electron chi connectivity index (χ3n) is 7.12. The van der Waals surface area contributed by atoms with Crippen molar-refractivity contribution in [2.24, 2.45) is 5.10 Å². The summed E-state index contributed by atoms with van der Waals surface area (Å²) in [6.07, 6.45) is 2.98. The summed E-state index contributed by atoms with van der Waals surface area (Å²) in [5.74, 6) is -1.40. The number of amides is 2. The third kappa shape index (κ3) is 5.22. The molecule has 0 spiro atoms. The van der Waals surface area contributed by atoms with Gasteiger partial charge >= 0.3 is 6.03 Å². The molecule has 0 aliphatic carbocycles. The van der Waals surface area contributed by atoms with Crippen LogP contribution < -0.4 is 4.90 Å². The number of aromatic nitrogens is 4. The number of carbonyl (C=O) groups is 1. The Morgan fingerprint density at radius 3 is 2.56 bits per heavy atom. The first kappa shape index (κ1) is 28.1. The molecule has 2 aliphatic rings. The summed E-state index contributed by atoms with van der Waals surface area (Å²) in [6.45, 7) is 5.88. The second-order valence-corrected chi connectivity index (χ2v) is 11.9. The first-order chi connectivity index (χ1) is 19.5. The van der Waals surface area contributed by atoms with E-state index < -0.39 is 27.5 Å². The molecule has 214 valence electrons. The molecule has 15 heteroatoms. The predicted octanol–water partition coefficient (Wildman–Crippen LogP) is 2.90. The molecule has 1 fully saturated rings. The summed E-state index contributed by atoms with van der Waals surface area (Å²) in [4.78, 5) is 25.3. The van der Waals surface area contributed by atoms with Crippen LogP contribution in [-0.4, -0.2) is 82.3 Å². The van der Waals surface area contributed by atoms with E-state index in [4.69, 9.17) is 0 Å². The van der Waals surface area contributed by atoms with E-state index in [1.54, 1.807) is 35.9 Å². The van der Waals surface area contributed by atoms with Gasteiger partial charge in [0.15, 0.2) is 21.5 Å². The monoisotopic (exact) mass is 583 g/mol. The Kier molecular flexibility index (Phi) is 7.43. The van der Waals surface area contributed by atoms with E-state index in [9.17, 15) is 27.3 Å². The van der Waals surface area contributed by atoms with Crippen molar-refractivity contribution < 1.29 is 22.0 Å². The van der Waals surface area contributed by atoms with E-state index >= 15 is 0 Å². The smallest absolute Gasteiger partial charge is 0.337 e. The second kappa shape index (κ2) is 10.8. The lowest BCUT2D eigenvalue weighted by molar-refractivity contribution is 0.139. The number of urea groups is 1. The molecule has 2 amide bonds.